The number of nitrogens with one attached hydrogen (secondary N) is 1. The van der Waals surface area contributed by atoms with Gasteiger partial charge in [0.1, 0.15) is 5.82 Å². The molecule has 2 aromatic rings. The molecule has 1 aromatic heterocycles. The summed E-state index contributed by atoms with van der Waals surface area (Å²) in [5.74, 6) is -0.926. The maximum atomic E-state index is 13.5. The van der Waals surface area contributed by atoms with Crippen molar-refractivity contribution >= 4 is 11.6 Å². The van der Waals surface area contributed by atoms with Crippen molar-refractivity contribution in [3.05, 3.63) is 64.3 Å². The number of rotatable bonds is 2. The van der Waals surface area contributed by atoms with Crippen molar-refractivity contribution in [2.75, 3.05) is 11.9 Å². The molecule has 4 nitrogen and oxygen atoms in total. The van der Waals surface area contributed by atoms with Crippen molar-refractivity contribution in [1.82, 2.24) is 4.98 Å². The molecule has 1 N–H and O–H groups in total. The SMILES string of the molecule is CN(C(=O)c1cc[nH]c(=O)c1)c1ccccc1F. The normalized spacial score (nSPS) is 10.1. The van der Waals surface area contributed by atoms with E-state index in [9.17, 15) is 14.0 Å². The number of carbonyl (C=O) groups excluding carboxylic acids is 1. The van der Waals surface area contributed by atoms with Gasteiger partial charge in [0.25, 0.3) is 5.91 Å². The number of amides is 1. The fourth-order valence-electron chi connectivity index (χ4n) is 1.60. The number of carbonyl (C=O) groups is 1. The number of aromatic amines is 1. The highest BCUT2D eigenvalue weighted by Crippen LogP contribution is 2.18. The first-order valence-corrected chi connectivity index (χ1v) is 5.31. The second-order valence-corrected chi connectivity index (χ2v) is 3.76. The lowest BCUT2D eigenvalue weighted by molar-refractivity contribution is 0.0992. The molecule has 0 unspecified atom stereocenters. The zero-order chi connectivity index (χ0) is 13.1. The second kappa shape index (κ2) is 4.83. The molecule has 1 aromatic carbocycles. The summed E-state index contributed by atoms with van der Waals surface area (Å²) in [5.41, 5.74) is 0.00932. The van der Waals surface area contributed by atoms with Gasteiger partial charge in [0.05, 0.1) is 5.69 Å². The van der Waals surface area contributed by atoms with E-state index in [2.05, 4.69) is 4.98 Å². The highest BCUT2D eigenvalue weighted by molar-refractivity contribution is 6.05. The fourth-order valence-corrected chi connectivity index (χ4v) is 1.60. The Hall–Kier alpha value is -2.43. The summed E-state index contributed by atoms with van der Waals surface area (Å²) in [6, 6.07) is 8.61. The third-order valence-electron chi connectivity index (χ3n) is 2.54. The minimum absolute atomic E-state index is 0.169. The van der Waals surface area contributed by atoms with Crippen LogP contribution in [-0.2, 0) is 0 Å². The van der Waals surface area contributed by atoms with E-state index in [0.717, 1.165) is 0 Å². The number of hydrogen-bond donors (Lipinski definition) is 1. The molecule has 92 valence electrons. The number of para-hydroxylation sites is 1. The molecule has 0 fully saturated rings. The van der Waals surface area contributed by atoms with E-state index in [1.54, 1.807) is 12.1 Å². The highest BCUT2D eigenvalue weighted by Gasteiger charge is 2.16. The predicted octanol–water partition coefficient (Wildman–Crippen LogP) is 1.79. The standard InChI is InChI=1S/C13H11FN2O2/c1-16(11-5-3-2-4-10(11)14)13(18)9-6-7-15-12(17)8-9/h2-8H,1H3,(H,15,17). The van der Waals surface area contributed by atoms with Gasteiger partial charge < -0.3 is 9.88 Å². The van der Waals surface area contributed by atoms with E-state index in [4.69, 9.17) is 0 Å². The summed E-state index contributed by atoms with van der Waals surface area (Å²) in [4.78, 5) is 26.8. The third-order valence-corrected chi connectivity index (χ3v) is 2.54. The van der Waals surface area contributed by atoms with Crippen molar-refractivity contribution in [2.24, 2.45) is 0 Å². The summed E-state index contributed by atoms with van der Waals surface area (Å²) >= 11 is 0. The van der Waals surface area contributed by atoms with Crippen LogP contribution in [0, 0.1) is 5.82 Å². The zero-order valence-corrected chi connectivity index (χ0v) is 9.68. The summed E-state index contributed by atoms with van der Waals surface area (Å²) in [5, 5.41) is 0. The molecule has 18 heavy (non-hydrogen) atoms. The lowest BCUT2D eigenvalue weighted by Crippen LogP contribution is -2.28. The number of aromatic nitrogens is 1. The average Bonchev–Trinajstić information content (AvgIpc) is 2.37. The number of nitrogens with zero attached hydrogens (tertiary/aromatic N) is 1. The number of H-pyrrole nitrogens is 1. The summed E-state index contributed by atoms with van der Waals surface area (Å²) in [6.45, 7) is 0. The van der Waals surface area contributed by atoms with Gasteiger partial charge >= 0.3 is 0 Å². The first kappa shape index (κ1) is 12.0. The molecule has 0 saturated heterocycles. The van der Waals surface area contributed by atoms with E-state index in [0.29, 0.717) is 0 Å². The minimum Gasteiger partial charge on any atom is -0.329 e. The van der Waals surface area contributed by atoms with Gasteiger partial charge in [-0.2, -0.15) is 0 Å². The van der Waals surface area contributed by atoms with Crippen LogP contribution in [0.2, 0.25) is 0 Å². The van der Waals surface area contributed by atoms with Crippen molar-refractivity contribution in [1.29, 1.82) is 0 Å². The third kappa shape index (κ3) is 2.29. The summed E-state index contributed by atoms with van der Waals surface area (Å²) in [6.07, 6.45) is 1.38. The molecule has 0 bridgehead atoms. The van der Waals surface area contributed by atoms with Crippen molar-refractivity contribution in [3.63, 3.8) is 0 Å². The molecular formula is C13H11FN2O2. The first-order chi connectivity index (χ1) is 8.59. The van der Waals surface area contributed by atoms with Crippen LogP contribution in [0.4, 0.5) is 10.1 Å². The van der Waals surface area contributed by atoms with Crippen LogP contribution in [0.5, 0.6) is 0 Å². The highest BCUT2D eigenvalue weighted by atomic mass is 19.1. The molecule has 0 atom stereocenters. The van der Waals surface area contributed by atoms with E-state index >= 15 is 0 Å². The van der Waals surface area contributed by atoms with Crippen LogP contribution in [0.15, 0.2) is 47.4 Å². The minimum atomic E-state index is -0.488. The van der Waals surface area contributed by atoms with Crippen molar-refractivity contribution in [3.8, 4) is 0 Å². The van der Waals surface area contributed by atoms with Crippen LogP contribution >= 0.6 is 0 Å². The van der Waals surface area contributed by atoms with Crippen LogP contribution in [0.25, 0.3) is 0 Å². The van der Waals surface area contributed by atoms with Crippen LogP contribution < -0.4 is 10.5 Å². The van der Waals surface area contributed by atoms with Crippen molar-refractivity contribution in [2.45, 2.75) is 0 Å². The lowest BCUT2D eigenvalue weighted by Gasteiger charge is -2.17. The lowest BCUT2D eigenvalue weighted by atomic mass is 10.2. The number of pyridine rings is 1. The Kier molecular flexibility index (Phi) is 3.23. The maximum Gasteiger partial charge on any atom is 0.258 e. The molecule has 0 aliphatic carbocycles. The molecule has 0 aliphatic rings. The monoisotopic (exact) mass is 246 g/mol. The van der Waals surface area contributed by atoms with Gasteiger partial charge in [-0.15, -0.1) is 0 Å². The summed E-state index contributed by atoms with van der Waals surface area (Å²) < 4.78 is 13.5. The van der Waals surface area contributed by atoms with Gasteiger partial charge in [0.2, 0.25) is 5.56 Å². The van der Waals surface area contributed by atoms with E-state index in [1.165, 1.54) is 42.4 Å². The smallest absolute Gasteiger partial charge is 0.258 e. The molecule has 1 heterocycles. The fraction of sp³-hybridized carbons (Fsp3) is 0.0769. The Morgan fingerprint density at radius 2 is 2.00 bits per heavy atom. The zero-order valence-electron chi connectivity index (χ0n) is 9.68. The molecule has 0 spiro atoms. The second-order valence-electron chi connectivity index (χ2n) is 3.76. The Morgan fingerprint density at radius 1 is 1.28 bits per heavy atom. The molecule has 0 saturated carbocycles. The Morgan fingerprint density at radius 3 is 2.67 bits per heavy atom. The Balaban J connectivity index is 2.35. The average molecular weight is 246 g/mol. The Bertz CT molecular complexity index is 637. The van der Waals surface area contributed by atoms with Crippen LogP contribution in [-0.4, -0.2) is 17.9 Å². The van der Waals surface area contributed by atoms with E-state index in [1.807, 2.05) is 0 Å². The van der Waals surface area contributed by atoms with E-state index < -0.39 is 11.7 Å². The van der Waals surface area contributed by atoms with Gasteiger partial charge in [-0.3, -0.25) is 9.59 Å². The maximum absolute atomic E-state index is 13.5. The first-order valence-electron chi connectivity index (χ1n) is 5.31. The molecule has 0 aliphatic heterocycles. The largest absolute Gasteiger partial charge is 0.329 e. The number of hydrogen-bond acceptors (Lipinski definition) is 2. The Labute approximate surface area is 103 Å². The quantitative estimate of drug-likeness (QED) is 0.878. The molecule has 1 amide bonds. The predicted molar refractivity (Wildman–Crippen MR) is 66.2 cm³/mol. The van der Waals surface area contributed by atoms with Crippen molar-refractivity contribution < 1.29 is 9.18 Å². The van der Waals surface area contributed by atoms with Gasteiger partial charge in [-0.25, -0.2) is 4.39 Å². The van der Waals surface area contributed by atoms with Gasteiger partial charge in [0.15, 0.2) is 0 Å². The van der Waals surface area contributed by atoms with E-state index in [-0.39, 0.29) is 16.8 Å². The molecular weight excluding hydrogens is 235 g/mol. The number of anilines is 1. The molecule has 5 heteroatoms. The molecule has 0 radical (unpaired) electrons. The number of halogens is 1. The molecule has 2 rings (SSSR count). The number of benzene rings is 1. The van der Waals surface area contributed by atoms with Gasteiger partial charge in [0, 0.05) is 24.9 Å². The van der Waals surface area contributed by atoms with Gasteiger partial charge in [-0.1, -0.05) is 12.1 Å². The van der Waals surface area contributed by atoms with Crippen LogP contribution in [0.1, 0.15) is 10.4 Å². The topological polar surface area (TPSA) is 53.2 Å². The van der Waals surface area contributed by atoms with Gasteiger partial charge in [-0.05, 0) is 18.2 Å². The summed E-state index contributed by atoms with van der Waals surface area (Å²) in [7, 11) is 1.46. The van der Waals surface area contributed by atoms with Crippen LogP contribution in [0.3, 0.4) is 0 Å².